The lowest BCUT2D eigenvalue weighted by Gasteiger charge is -2.13. The summed E-state index contributed by atoms with van der Waals surface area (Å²) in [6, 6.07) is 10.8. The number of benzene rings is 1. The maximum absolute atomic E-state index is 3.63. The first-order valence-electron chi connectivity index (χ1n) is 6.46. The van der Waals surface area contributed by atoms with Crippen molar-refractivity contribution in [2.45, 2.75) is 45.4 Å². The van der Waals surface area contributed by atoms with Gasteiger partial charge in [0.2, 0.25) is 0 Å². The average molecular weight is 283 g/mol. The summed E-state index contributed by atoms with van der Waals surface area (Å²) >= 11 is 3.63. The minimum absolute atomic E-state index is 0.878. The smallest absolute Gasteiger partial charge is 0.00596 e. The summed E-state index contributed by atoms with van der Waals surface area (Å²) in [5.74, 6) is 0.878. The molecule has 0 radical (unpaired) electrons. The summed E-state index contributed by atoms with van der Waals surface area (Å²) in [6.45, 7) is 2.27. The molecule has 1 aromatic rings. The van der Waals surface area contributed by atoms with Crippen LogP contribution in [-0.4, -0.2) is 5.33 Å². The molecule has 0 heterocycles. The van der Waals surface area contributed by atoms with Gasteiger partial charge in [0, 0.05) is 5.33 Å². The number of unbranched alkanes of at least 4 members (excludes halogenated alkanes) is 1. The monoisotopic (exact) mass is 282 g/mol. The van der Waals surface area contributed by atoms with Gasteiger partial charge in [0.25, 0.3) is 0 Å². The SMILES string of the molecule is CCCCC(CBr)CCCc1ccccc1. The van der Waals surface area contributed by atoms with Crippen LogP contribution in [0.2, 0.25) is 0 Å². The second kappa shape index (κ2) is 8.81. The largest absolute Gasteiger partial charge is 0.0925 e. The van der Waals surface area contributed by atoms with Crippen molar-refractivity contribution in [2.75, 3.05) is 5.33 Å². The van der Waals surface area contributed by atoms with Gasteiger partial charge in [0.05, 0.1) is 0 Å². The molecule has 16 heavy (non-hydrogen) atoms. The van der Waals surface area contributed by atoms with E-state index in [1.54, 1.807) is 0 Å². The molecule has 0 bridgehead atoms. The molecule has 0 nitrogen and oxygen atoms in total. The van der Waals surface area contributed by atoms with Crippen molar-refractivity contribution in [2.24, 2.45) is 5.92 Å². The van der Waals surface area contributed by atoms with Crippen LogP contribution >= 0.6 is 15.9 Å². The van der Waals surface area contributed by atoms with E-state index in [4.69, 9.17) is 0 Å². The second-order valence-corrected chi connectivity index (χ2v) is 5.19. The lowest BCUT2D eigenvalue weighted by molar-refractivity contribution is 0.466. The highest BCUT2D eigenvalue weighted by Crippen LogP contribution is 2.18. The Labute approximate surface area is 109 Å². The van der Waals surface area contributed by atoms with Crippen molar-refractivity contribution < 1.29 is 0 Å². The average Bonchev–Trinajstić information content (AvgIpc) is 2.35. The van der Waals surface area contributed by atoms with Gasteiger partial charge in [0.15, 0.2) is 0 Å². The summed E-state index contributed by atoms with van der Waals surface area (Å²) in [7, 11) is 0. The van der Waals surface area contributed by atoms with E-state index in [9.17, 15) is 0 Å². The maximum atomic E-state index is 3.63. The van der Waals surface area contributed by atoms with Crippen LogP contribution in [0, 0.1) is 5.92 Å². The molecule has 0 fully saturated rings. The Kier molecular flexibility index (Phi) is 7.58. The number of aryl methyl sites for hydroxylation is 1. The highest BCUT2D eigenvalue weighted by Gasteiger charge is 2.06. The number of rotatable bonds is 8. The van der Waals surface area contributed by atoms with Crippen LogP contribution in [-0.2, 0) is 6.42 Å². The Hall–Kier alpha value is -0.300. The molecule has 1 atom stereocenters. The normalized spacial score (nSPS) is 12.6. The van der Waals surface area contributed by atoms with Crippen LogP contribution in [0.3, 0.4) is 0 Å². The summed E-state index contributed by atoms with van der Waals surface area (Å²) in [6.07, 6.45) is 8.00. The molecule has 0 amide bonds. The van der Waals surface area contributed by atoms with Crippen molar-refractivity contribution in [3.05, 3.63) is 35.9 Å². The number of hydrogen-bond acceptors (Lipinski definition) is 0. The molecular weight excluding hydrogens is 260 g/mol. The van der Waals surface area contributed by atoms with Crippen molar-refractivity contribution in [1.82, 2.24) is 0 Å². The van der Waals surface area contributed by atoms with Gasteiger partial charge in [-0.3, -0.25) is 0 Å². The van der Waals surface area contributed by atoms with Crippen LogP contribution in [0.5, 0.6) is 0 Å². The zero-order chi connectivity index (χ0) is 11.6. The number of hydrogen-bond donors (Lipinski definition) is 0. The Bertz CT molecular complexity index is 255. The molecule has 0 aliphatic carbocycles. The number of alkyl halides is 1. The van der Waals surface area contributed by atoms with E-state index in [1.807, 2.05) is 0 Å². The Balaban J connectivity index is 2.18. The van der Waals surface area contributed by atoms with Crippen LogP contribution in [0.25, 0.3) is 0 Å². The highest BCUT2D eigenvalue weighted by atomic mass is 79.9. The molecule has 0 aliphatic heterocycles. The van der Waals surface area contributed by atoms with E-state index in [1.165, 1.54) is 49.4 Å². The zero-order valence-corrected chi connectivity index (χ0v) is 11.9. The van der Waals surface area contributed by atoms with E-state index in [0.717, 1.165) is 5.92 Å². The van der Waals surface area contributed by atoms with E-state index in [2.05, 4.69) is 53.2 Å². The van der Waals surface area contributed by atoms with Gasteiger partial charge in [0.1, 0.15) is 0 Å². The first-order valence-corrected chi connectivity index (χ1v) is 7.58. The fraction of sp³-hybridized carbons (Fsp3) is 0.600. The quantitative estimate of drug-likeness (QED) is 0.574. The molecule has 0 N–H and O–H groups in total. The van der Waals surface area contributed by atoms with Crippen LogP contribution < -0.4 is 0 Å². The van der Waals surface area contributed by atoms with Crippen LogP contribution in [0.1, 0.15) is 44.6 Å². The maximum Gasteiger partial charge on any atom is 0.00596 e. The van der Waals surface area contributed by atoms with E-state index >= 15 is 0 Å². The third-order valence-corrected chi connectivity index (χ3v) is 4.02. The van der Waals surface area contributed by atoms with Crippen molar-refractivity contribution >= 4 is 15.9 Å². The molecule has 0 saturated heterocycles. The minimum atomic E-state index is 0.878. The van der Waals surface area contributed by atoms with Gasteiger partial charge in [-0.2, -0.15) is 0 Å². The molecule has 1 heteroatoms. The first-order chi connectivity index (χ1) is 7.86. The Morgan fingerprint density at radius 2 is 1.75 bits per heavy atom. The van der Waals surface area contributed by atoms with E-state index in [-0.39, 0.29) is 0 Å². The van der Waals surface area contributed by atoms with Gasteiger partial charge in [-0.25, -0.2) is 0 Å². The fourth-order valence-corrected chi connectivity index (χ4v) is 2.68. The molecule has 1 rings (SSSR count). The second-order valence-electron chi connectivity index (χ2n) is 4.54. The topological polar surface area (TPSA) is 0 Å². The third kappa shape index (κ3) is 5.69. The standard InChI is InChI=1S/C15H23Br/c1-2-3-8-15(13-16)12-7-11-14-9-5-4-6-10-14/h4-6,9-10,15H,2-3,7-8,11-13H2,1H3. The zero-order valence-electron chi connectivity index (χ0n) is 10.3. The van der Waals surface area contributed by atoms with Crippen molar-refractivity contribution in [1.29, 1.82) is 0 Å². The predicted octanol–water partition coefficient (Wildman–Crippen LogP) is 5.21. The fourth-order valence-electron chi connectivity index (χ4n) is 2.03. The molecule has 0 saturated carbocycles. The van der Waals surface area contributed by atoms with Crippen molar-refractivity contribution in [3.8, 4) is 0 Å². The van der Waals surface area contributed by atoms with E-state index < -0.39 is 0 Å². The molecule has 0 aliphatic rings. The summed E-state index contributed by atoms with van der Waals surface area (Å²) in [4.78, 5) is 0. The third-order valence-electron chi connectivity index (χ3n) is 3.10. The highest BCUT2D eigenvalue weighted by molar-refractivity contribution is 9.09. The molecule has 0 spiro atoms. The van der Waals surface area contributed by atoms with Gasteiger partial charge in [-0.1, -0.05) is 66.0 Å². The van der Waals surface area contributed by atoms with Crippen LogP contribution in [0.15, 0.2) is 30.3 Å². The summed E-state index contributed by atoms with van der Waals surface area (Å²) in [5, 5.41) is 1.17. The van der Waals surface area contributed by atoms with Gasteiger partial charge < -0.3 is 0 Å². The summed E-state index contributed by atoms with van der Waals surface area (Å²) < 4.78 is 0. The Morgan fingerprint density at radius 1 is 1.06 bits per heavy atom. The van der Waals surface area contributed by atoms with E-state index in [0.29, 0.717) is 0 Å². The molecule has 1 unspecified atom stereocenters. The molecular formula is C15H23Br. The summed E-state index contributed by atoms with van der Waals surface area (Å²) in [5.41, 5.74) is 1.48. The lowest BCUT2D eigenvalue weighted by Crippen LogP contribution is -2.02. The van der Waals surface area contributed by atoms with Gasteiger partial charge in [-0.15, -0.1) is 0 Å². The molecule has 90 valence electrons. The minimum Gasteiger partial charge on any atom is -0.0925 e. The Morgan fingerprint density at radius 3 is 2.38 bits per heavy atom. The first kappa shape index (κ1) is 13.8. The van der Waals surface area contributed by atoms with Crippen LogP contribution in [0.4, 0.5) is 0 Å². The van der Waals surface area contributed by atoms with Crippen molar-refractivity contribution in [3.63, 3.8) is 0 Å². The molecule has 1 aromatic carbocycles. The number of halogens is 1. The van der Waals surface area contributed by atoms with Gasteiger partial charge >= 0.3 is 0 Å². The molecule has 0 aromatic heterocycles. The van der Waals surface area contributed by atoms with Gasteiger partial charge in [-0.05, 0) is 37.2 Å². The lowest BCUT2D eigenvalue weighted by atomic mass is 9.96. The predicted molar refractivity (Wildman–Crippen MR) is 76.2 cm³/mol.